The highest BCUT2D eigenvalue weighted by molar-refractivity contribution is 7.53. The molecule has 20 heteroatoms. The maximum absolute atomic E-state index is 13.4. The van der Waals surface area contributed by atoms with Gasteiger partial charge in [-0.3, -0.25) is 13.6 Å². The highest BCUT2D eigenvalue weighted by atomic mass is 31.2. The number of aromatic nitrogens is 4. The van der Waals surface area contributed by atoms with Crippen LogP contribution in [0.4, 0.5) is 15.4 Å². The third kappa shape index (κ3) is 15.0. The van der Waals surface area contributed by atoms with Crippen LogP contribution in [0.1, 0.15) is 18.1 Å². The van der Waals surface area contributed by atoms with Gasteiger partial charge in [0.1, 0.15) is 31.4 Å². The summed E-state index contributed by atoms with van der Waals surface area (Å²) in [4.78, 5) is 55.3. The first-order chi connectivity index (χ1) is 24.4. The van der Waals surface area contributed by atoms with E-state index in [9.17, 15) is 23.7 Å². The van der Waals surface area contributed by atoms with Crippen LogP contribution in [0.3, 0.4) is 0 Å². The van der Waals surface area contributed by atoms with Crippen molar-refractivity contribution in [3.63, 3.8) is 0 Å². The average molecular weight is 732 g/mol. The summed E-state index contributed by atoms with van der Waals surface area (Å²) in [7, 11) is -4.14. The van der Waals surface area contributed by atoms with E-state index in [0.717, 1.165) is 11.1 Å². The topological polar surface area (TPSA) is 260 Å². The number of nitrogens with zero attached hydrogens (tertiary/aromatic N) is 4. The summed E-state index contributed by atoms with van der Waals surface area (Å²) in [5.74, 6) is -2.28. The fraction of sp³-hybridized carbons (Fsp3) is 0.258. The molecule has 0 aliphatic rings. The van der Waals surface area contributed by atoms with Gasteiger partial charge in [-0.15, -0.1) is 0 Å². The molecule has 4 rings (SSSR count). The van der Waals surface area contributed by atoms with Crippen molar-refractivity contribution in [3.05, 3.63) is 96.6 Å². The van der Waals surface area contributed by atoms with Crippen molar-refractivity contribution in [3.8, 4) is 0 Å². The summed E-state index contributed by atoms with van der Waals surface area (Å²) in [6.45, 7) is 0.305. The van der Waals surface area contributed by atoms with Crippen LogP contribution >= 0.6 is 7.60 Å². The molecule has 2 heterocycles. The first-order valence-electron chi connectivity index (χ1n) is 14.7. The fourth-order valence-corrected chi connectivity index (χ4v) is 4.75. The van der Waals surface area contributed by atoms with Crippen LogP contribution in [0, 0.1) is 0 Å². The number of carbonyl (C=O) groups is 4. The van der Waals surface area contributed by atoms with Gasteiger partial charge in [0.05, 0.1) is 19.0 Å². The molecule has 2 aromatic carbocycles. The Morgan fingerprint density at radius 2 is 1.31 bits per heavy atom. The molecule has 2 aromatic heterocycles. The number of nitrogen functional groups attached to an aromatic ring is 1. The second-order valence-electron chi connectivity index (χ2n) is 9.89. The number of benzene rings is 2. The van der Waals surface area contributed by atoms with Gasteiger partial charge < -0.3 is 44.2 Å². The lowest BCUT2D eigenvalue weighted by molar-refractivity contribution is -0.134. The van der Waals surface area contributed by atoms with Crippen molar-refractivity contribution in [1.29, 1.82) is 0 Å². The molecule has 0 saturated heterocycles. The Morgan fingerprint density at radius 3 is 1.80 bits per heavy atom. The summed E-state index contributed by atoms with van der Waals surface area (Å²) < 4.78 is 51.0. The smallest absolute Gasteiger partial charge is 0.478 e. The van der Waals surface area contributed by atoms with Crippen LogP contribution in [-0.2, 0) is 66.6 Å². The maximum atomic E-state index is 13.4. The molecule has 0 unspecified atom stereocenters. The standard InChI is InChI=1S/C27H30N5O10P.C4H4O4/c1-20(12-32-16-31-23-24(28)29-15-30-25(23)32)40-19-43(35,41-17-38-26(33)36-13-21-8-4-2-5-9-21)42-18-39-27(34)37-14-22-10-6-3-7-11-22;5-3(6)1-2-4(7)8/h2-11,15-16,20H,12-14,17-19H2,1H3,(H2,28,29,30);1-2H,(H,5,6)(H,7,8)/b;2-1+/t20-;/m0./s1. The molecule has 4 N–H and O–H groups in total. The summed E-state index contributed by atoms with van der Waals surface area (Å²) >= 11 is 0. The fourth-order valence-electron chi connectivity index (χ4n) is 3.66. The van der Waals surface area contributed by atoms with Gasteiger partial charge in [-0.1, -0.05) is 60.7 Å². The van der Waals surface area contributed by atoms with Crippen LogP contribution in [-0.4, -0.2) is 80.0 Å². The molecule has 0 saturated carbocycles. The number of ether oxygens (including phenoxy) is 5. The highest BCUT2D eigenvalue weighted by Gasteiger charge is 2.29. The largest absolute Gasteiger partial charge is 0.510 e. The SMILES string of the molecule is C[C@@H](Cn1cnc2c(N)ncnc21)OCP(=O)(OCOC(=O)OCc1ccccc1)OCOC(=O)OCc1ccccc1.O=C(O)/C=C/C(=O)O. The number of carbonyl (C=O) groups excluding carboxylic acids is 2. The number of hydrogen-bond donors (Lipinski definition) is 3. The van der Waals surface area contributed by atoms with Crippen molar-refractivity contribution in [2.24, 2.45) is 0 Å². The van der Waals surface area contributed by atoms with Crippen molar-refractivity contribution in [1.82, 2.24) is 19.5 Å². The van der Waals surface area contributed by atoms with E-state index in [-0.39, 0.29) is 25.6 Å². The number of aliphatic carboxylic acids is 2. The summed E-state index contributed by atoms with van der Waals surface area (Å²) in [6, 6.07) is 17.9. The van der Waals surface area contributed by atoms with Gasteiger partial charge in [-0.25, -0.2) is 34.1 Å². The molecule has 4 aromatic rings. The Kier molecular flexibility index (Phi) is 16.0. The zero-order valence-corrected chi connectivity index (χ0v) is 27.9. The third-order valence-corrected chi connectivity index (χ3v) is 7.48. The van der Waals surface area contributed by atoms with Crippen molar-refractivity contribution in [2.75, 3.05) is 25.7 Å². The number of hydrogen-bond acceptors (Lipinski definition) is 16. The van der Waals surface area contributed by atoms with Gasteiger partial charge in [0.25, 0.3) is 0 Å². The van der Waals surface area contributed by atoms with Gasteiger partial charge in [-0.2, -0.15) is 0 Å². The summed E-state index contributed by atoms with van der Waals surface area (Å²) in [5.41, 5.74) is 8.24. The predicted octanol–water partition coefficient (Wildman–Crippen LogP) is 4.33. The quantitative estimate of drug-likeness (QED) is 0.0590. The third-order valence-electron chi connectivity index (χ3n) is 6.02. The van der Waals surface area contributed by atoms with Gasteiger partial charge in [0, 0.05) is 12.2 Å². The molecule has 0 fully saturated rings. The van der Waals surface area contributed by atoms with Crippen molar-refractivity contribution in [2.45, 2.75) is 32.8 Å². The first kappa shape index (κ1) is 39.6. The Bertz CT molecular complexity index is 1720. The van der Waals surface area contributed by atoms with E-state index in [4.69, 9.17) is 48.7 Å². The monoisotopic (exact) mass is 731 g/mol. The highest BCUT2D eigenvalue weighted by Crippen LogP contribution is 2.48. The molecule has 0 spiro atoms. The Morgan fingerprint density at radius 1 is 0.804 bits per heavy atom. The lowest BCUT2D eigenvalue weighted by atomic mass is 10.2. The van der Waals surface area contributed by atoms with Crippen LogP contribution in [0.5, 0.6) is 0 Å². The van der Waals surface area contributed by atoms with E-state index >= 15 is 0 Å². The minimum absolute atomic E-state index is 0.0348. The Labute approximate surface area is 290 Å². The molecule has 19 nitrogen and oxygen atoms in total. The molecule has 0 bridgehead atoms. The average Bonchev–Trinajstić information content (AvgIpc) is 3.53. The zero-order valence-electron chi connectivity index (χ0n) is 27.0. The first-order valence-corrected chi connectivity index (χ1v) is 16.4. The van der Waals surface area contributed by atoms with Crippen molar-refractivity contribution >= 4 is 48.8 Å². The minimum Gasteiger partial charge on any atom is -0.478 e. The van der Waals surface area contributed by atoms with Gasteiger partial charge in [0.15, 0.2) is 11.5 Å². The number of carboxylic acids is 2. The Balaban J connectivity index is 0.000000783. The zero-order chi connectivity index (χ0) is 37.1. The minimum atomic E-state index is -4.14. The second kappa shape index (κ2) is 20.6. The predicted molar refractivity (Wildman–Crippen MR) is 174 cm³/mol. The van der Waals surface area contributed by atoms with E-state index in [1.807, 2.05) is 12.1 Å². The molecule has 1 atom stereocenters. The van der Waals surface area contributed by atoms with E-state index in [1.54, 1.807) is 60.0 Å². The van der Waals surface area contributed by atoms with Gasteiger partial charge in [-0.05, 0) is 18.1 Å². The van der Waals surface area contributed by atoms with E-state index in [1.165, 1.54) is 12.7 Å². The van der Waals surface area contributed by atoms with Gasteiger partial charge >= 0.3 is 31.8 Å². The lowest BCUT2D eigenvalue weighted by Crippen LogP contribution is -2.19. The molecular formula is C31H34N5O14P. The summed E-state index contributed by atoms with van der Waals surface area (Å²) in [5, 5.41) is 15.6. The van der Waals surface area contributed by atoms with Crippen LogP contribution in [0.25, 0.3) is 11.2 Å². The number of nitrogens with two attached hydrogens (primary N) is 1. The van der Waals surface area contributed by atoms with Gasteiger partial charge in [0.2, 0.25) is 13.6 Å². The van der Waals surface area contributed by atoms with E-state index in [2.05, 4.69) is 15.0 Å². The maximum Gasteiger partial charge on any atom is 0.510 e. The molecule has 0 amide bonds. The molecule has 0 radical (unpaired) electrons. The number of carboxylic acid groups (broad SMARTS) is 2. The number of rotatable bonds is 17. The second-order valence-corrected chi connectivity index (χ2v) is 11.9. The molecule has 0 aliphatic heterocycles. The Hall–Kier alpha value is -5.88. The van der Waals surface area contributed by atoms with E-state index in [0.29, 0.717) is 23.3 Å². The molecule has 272 valence electrons. The van der Waals surface area contributed by atoms with E-state index < -0.39 is 57.9 Å². The summed E-state index contributed by atoms with van der Waals surface area (Å²) in [6.07, 6.45) is 0.701. The number of fused-ring (bicyclic) bond motifs is 1. The van der Waals surface area contributed by atoms with Crippen LogP contribution < -0.4 is 5.73 Å². The van der Waals surface area contributed by atoms with Crippen LogP contribution in [0.15, 0.2) is 85.5 Å². The molecule has 51 heavy (non-hydrogen) atoms. The molecule has 0 aliphatic carbocycles. The molecular weight excluding hydrogens is 697 g/mol. The number of imidazole rings is 1. The van der Waals surface area contributed by atoms with Crippen molar-refractivity contribution < 1.29 is 66.7 Å². The number of anilines is 1. The normalized spacial score (nSPS) is 11.6. The van der Waals surface area contributed by atoms with Crippen LogP contribution in [0.2, 0.25) is 0 Å². The lowest BCUT2D eigenvalue weighted by Gasteiger charge is -2.21.